The van der Waals surface area contributed by atoms with E-state index >= 15 is 0 Å². The van der Waals surface area contributed by atoms with Crippen molar-refractivity contribution in [1.29, 1.82) is 0 Å². The molecule has 2 aromatic rings. The number of unbranched alkanes of at least 4 members (excludes halogenated alkanes) is 2. The van der Waals surface area contributed by atoms with Gasteiger partial charge in [-0.25, -0.2) is 5.01 Å². The van der Waals surface area contributed by atoms with Crippen LogP contribution in [0.2, 0.25) is 0 Å². The lowest BCUT2D eigenvalue weighted by Gasteiger charge is -2.32. The molecule has 29 heavy (non-hydrogen) atoms. The van der Waals surface area contributed by atoms with Crippen molar-refractivity contribution >= 4 is 16.7 Å². The minimum Gasteiger partial charge on any atom is -0.493 e. The molecular formula is C22H27F3N2O2. The lowest BCUT2D eigenvalue weighted by Crippen LogP contribution is -2.43. The van der Waals surface area contributed by atoms with Crippen LogP contribution in [0.1, 0.15) is 51.6 Å². The zero-order valence-corrected chi connectivity index (χ0v) is 17.0. The van der Waals surface area contributed by atoms with E-state index in [4.69, 9.17) is 4.74 Å². The highest BCUT2D eigenvalue weighted by molar-refractivity contribution is 5.89. The van der Waals surface area contributed by atoms with Gasteiger partial charge in [-0.3, -0.25) is 10.2 Å². The van der Waals surface area contributed by atoms with Gasteiger partial charge < -0.3 is 4.74 Å². The minimum absolute atomic E-state index is 0.0464. The second-order valence-electron chi connectivity index (χ2n) is 8.15. The summed E-state index contributed by atoms with van der Waals surface area (Å²) >= 11 is 0. The number of halogens is 3. The normalized spacial score (nSPS) is 18.1. The lowest BCUT2D eigenvalue weighted by atomic mass is 9.92. The maximum Gasteiger partial charge on any atom is 0.410 e. The van der Waals surface area contributed by atoms with E-state index in [0.29, 0.717) is 17.4 Å². The number of nitrogens with zero attached hydrogens (tertiary/aromatic N) is 1. The van der Waals surface area contributed by atoms with E-state index in [1.54, 1.807) is 50.2 Å². The largest absolute Gasteiger partial charge is 0.493 e. The third kappa shape index (κ3) is 4.50. The first-order chi connectivity index (χ1) is 13.6. The summed E-state index contributed by atoms with van der Waals surface area (Å²) in [7, 11) is 0. The fourth-order valence-electron chi connectivity index (χ4n) is 3.69. The molecule has 1 heterocycles. The number of ether oxygens (including phenoxy) is 1. The molecule has 1 aliphatic rings. The van der Waals surface area contributed by atoms with Gasteiger partial charge in [0.2, 0.25) is 5.91 Å². The van der Waals surface area contributed by atoms with Crippen LogP contribution >= 0.6 is 0 Å². The fraction of sp³-hybridized carbons (Fsp3) is 0.500. The molecule has 2 aromatic carbocycles. The Labute approximate surface area is 169 Å². The number of hydrogen-bond acceptors (Lipinski definition) is 3. The van der Waals surface area contributed by atoms with Crippen LogP contribution in [0.3, 0.4) is 0 Å². The standard InChI is InChI=1S/C22H27F3N2O2/c1-4-5-8-13-29-17-12-11-15-9-6-7-10-16(15)18(17)19(22(23,24)25)27-14-21(2,3)20(28)26-27/h6-7,9-12,19H,4-5,8,13-14H2,1-3H3,(H,26,28)/t19-/m0/s1. The van der Waals surface area contributed by atoms with E-state index in [1.807, 2.05) is 0 Å². The third-order valence-corrected chi connectivity index (χ3v) is 5.26. The van der Waals surface area contributed by atoms with Gasteiger partial charge in [-0.05, 0) is 37.1 Å². The Bertz CT molecular complexity index is 880. The number of nitrogens with one attached hydrogen (secondary N) is 1. The van der Waals surface area contributed by atoms with Crippen molar-refractivity contribution < 1.29 is 22.7 Å². The molecule has 1 saturated heterocycles. The van der Waals surface area contributed by atoms with Crippen LogP contribution in [-0.4, -0.2) is 30.2 Å². The predicted molar refractivity (Wildman–Crippen MR) is 106 cm³/mol. The van der Waals surface area contributed by atoms with Gasteiger partial charge in [0, 0.05) is 12.1 Å². The molecule has 0 saturated carbocycles. The van der Waals surface area contributed by atoms with Crippen LogP contribution in [0.5, 0.6) is 5.75 Å². The Balaban J connectivity index is 2.10. The van der Waals surface area contributed by atoms with Crippen molar-refractivity contribution in [2.24, 2.45) is 5.41 Å². The summed E-state index contributed by atoms with van der Waals surface area (Å²) in [6, 6.07) is 8.33. The summed E-state index contributed by atoms with van der Waals surface area (Å²) in [6.07, 6.45) is -1.89. The van der Waals surface area contributed by atoms with Crippen LogP contribution in [0.25, 0.3) is 10.8 Å². The molecule has 4 nitrogen and oxygen atoms in total. The maximum atomic E-state index is 14.3. The number of amides is 1. The first-order valence-corrected chi connectivity index (χ1v) is 9.94. The molecule has 0 spiro atoms. The SMILES string of the molecule is CCCCCOc1ccc2ccccc2c1[C@H](N1CC(C)(C)C(=O)N1)C(F)(F)F. The van der Waals surface area contributed by atoms with Gasteiger partial charge in [-0.15, -0.1) is 0 Å². The average molecular weight is 408 g/mol. The number of hydrazine groups is 1. The highest BCUT2D eigenvalue weighted by Gasteiger charge is 2.52. The van der Waals surface area contributed by atoms with Gasteiger partial charge in [-0.2, -0.15) is 13.2 Å². The number of carbonyl (C=O) groups is 1. The van der Waals surface area contributed by atoms with E-state index in [1.165, 1.54) is 0 Å². The maximum absolute atomic E-state index is 14.3. The van der Waals surface area contributed by atoms with E-state index < -0.39 is 23.5 Å². The summed E-state index contributed by atoms with van der Waals surface area (Å²) in [5.41, 5.74) is 1.58. The minimum atomic E-state index is -4.60. The zero-order valence-electron chi connectivity index (χ0n) is 17.0. The number of hydrogen-bond donors (Lipinski definition) is 1. The van der Waals surface area contributed by atoms with Gasteiger partial charge in [0.1, 0.15) is 5.75 Å². The molecular weight excluding hydrogens is 381 g/mol. The van der Waals surface area contributed by atoms with Crippen LogP contribution in [0.15, 0.2) is 36.4 Å². The average Bonchev–Trinajstić information content (AvgIpc) is 2.91. The van der Waals surface area contributed by atoms with Crippen LogP contribution in [-0.2, 0) is 4.79 Å². The van der Waals surface area contributed by atoms with Crippen LogP contribution in [0.4, 0.5) is 13.2 Å². The molecule has 0 radical (unpaired) electrons. The summed E-state index contributed by atoms with van der Waals surface area (Å²) in [4.78, 5) is 12.2. The first-order valence-electron chi connectivity index (χ1n) is 9.94. The number of alkyl halides is 3. The lowest BCUT2D eigenvalue weighted by molar-refractivity contribution is -0.191. The van der Waals surface area contributed by atoms with Crippen molar-refractivity contribution in [3.8, 4) is 5.75 Å². The van der Waals surface area contributed by atoms with Gasteiger partial charge in [-0.1, -0.05) is 50.1 Å². The van der Waals surface area contributed by atoms with Crippen LogP contribution in [0, 0.1) is 5.41 Å². The molecule has 0 unspecified atom stereocenters. The molecule has 1 fully saturated rings. The molecule has 1 amide bonds. The molecule has 1 N–H and O–H groups in total. The van der Waals surface area contributed by atoms with Crippen molar-refractivity contribution in [1.82, 2.24) is 10.4 Å². The molecule has 3 rings (SSSR count). The number of carbonyl (C=O) groups excluding carboxylic acids is 1. The fourth-order valence-corrected chi connectivity index (χ4v) is 3.69. The van der Waals surface area contributed by atoms with E-state index in [-0.39, 0.29) is 17.9 Å². The molecule has 7 heteroatoms. The Hall–Kier alpha value is -2.28. The van der Waals surface area contributed by atoms with Gasteiger partial charge in [0.15, 0.2) is 6.04 Å². The highest BCUT2D eigenvalue weighted by atomic mass is 19.4. The van der Waals surface area contributed by atoms with Crippen LogP contribution < -0.4 is 10.2 Å². The second-order valence-corrected chi connectivity index (χ2v) is 8.15. The third-order valence-electron chi connectivity index (χ3n) is 5.26. The molecule has 1 atom stereocenters. The number of benzene rings is 2. The first kappa shape index (κ1) is 21.4. The highest BCUT2D eigenvalue weighted by Crippen LogP contribution is 2.46. The summed E-state index contributed by atoms with van der Waals surface area (Å²) < 4.78 is 48.8. The molecule has 0 aromatic heterocycles. The Morgan fingerprint density at radius 2 is 1.90 bits per heavy atom. The van der Waals surface area contributed by atoms with E-state index in [9.17, 15) is 18.0 Å². The van der Waals surface area contributed by atoms with Gasteiger partial charge in [0.25, 0.3) is 0 Å². The molecule has 1 aliphatic heterocycles. The topological polar surface area (TPSA) is 41.6 Å². The van der Waals surface area contributed by atoms with E-state index in [2.05, 4.69) is 12.3 Å². The van der Waals surface area contributed by atoms with Crippen molar-refractivity contribution in [2.75, 3.05) is 13.2 Å². The monoisotopic (exact) mass is 408 g/mol. The predicted octanol–water partition coefficient (Wildman–Crippen LogP) is 5.39. The Morgan fingerprint density at radius 1 is 1.17 bits per heavy atom. The van der Waals surface area contributed by atoms with Gasteiger partial charge in [0.05, 0.1) is 12.0 Å². The Kier molecular flexibility index (Phi) is 6.08. The van der Waals surface area contributed by atoms with Crippen molar-refractivity contribution in [3.63, 3.8) is 0 Å². The van der Waals surface area contributed by atoms with Crippen molar-refractivity contribution in [2.45, 2.75) is 52.3 Å². The molecule has 0 aliphatic carbocycles. The summed E-state index contributed by atoms with van der Waals surface area (Å²) in [5.74, 6) is -0.210. The summed E-state index contributed by atoms with van der Waals surface area (Å²) in [6.45, 7) is 5.64. The summed E-state index contributed by atoms with van der Waals surface area (Å²) in [5, 5.41) is 2.17. The van der Waals surface area contributed by atoms with Crippen molar-refractivity contribution in [3.05, 3.63) is 42.0 Å². The van der Waals surface area contributed by atoms with E-state index in [0.717, 1.165) is 24.3 Å². The zero-order chi connectivity index (χ0) is 21.2. The van der Waals surface area contributed by atoms with Gasteiger partial charge >= 0.3 is 6.18 Å². The second kappa shape index (κ2) is 8.22. The molecule has 158 valence electrons. The number of fused-ring (bicyclic) bond motifs is 1. The number of rotatable bonds is 7. The smallest absolute Gasteiger partial charge is 0.410 e. The quantitative estimate of drug-likeness (QED) is 0.625. The molecule has 0 bridgehead atoms. The Morgan fingerprint density at radius 3 is 2.52 bits per heavy atom.